The smallest absolute Gasteiger partial charge is 0.224 e. The molecule has 2 aromatic carbocycles. The summed E-state index contributed by atoms with van der Waals surface area (Å²) in [5.41, 5.74) is 2.63. The molecule has 0 bridgehead atoms. The number of rotatable bonds is 5. The SMILES string of the molecule is Cc1ccc(Cl)cc1NC(=O)CCc1ncc(-c2ccc(Br)cc2)o1. The number of nitrogens with one attached hydrogen (secondary N) is 1. The van der Waals surface area contributed by atoms with Crippen LogP contribution < -0.4 is 5.32 Å². The molecule has 25 heavy (non-hydrogen) atoms. The Balaban J connectivity index is 1.59. The van der Waals surface area contributed by atoms with E-state index in [0.717, 1.165) is 21.3 Å². The lowest BCUT2D eigenvalue weighted by Gasteiger charge is -2.08. The lowest BCUT2D eigenvalue weighted by atomic mass is 10.2. The number of halogens is 2. The summed E-state index contributed by atoms with van der Waals surface area (Å²) in [7, 11) is 0. The van der Waals surface area contributed by atoms with E-state index in [9.17, 15) is 4.79 Å². The zero-order chi connectivity index (χ0) is 17.8. The second kappa shape index (κ2) is 7.85. The van der Waals surface area contributed by atoms with Crippen molar-refractivity contribution in [2.45, 2.75) is 19.8 Å². The Morgan fingerprint density at radius 1 is 1.24 bits per heavy atom. The Hall–Kier alpha value is -2.11. The van der Waals surface area contributed by atoms with Gasteiger partial charge in [-0.1, -0.05) is 45.7 Å². The molecule has 0 aliphatic heterocycles. The minimum Gasteiger partial charge on any atom is -0.441 e. The number of carbonyl (C=O) groups excluding carboxylic acids is 1. The number of oxazole rings is 1. The quantitative estimate of drug-likeness (QED) is 0.582. The van der Waals surface area contributed by atoms with Gasteiger partial charge in [-0.05, 0) is 36.8 Å². The second-order valence-electron chi connectivity index (χ2n) is 5.63. The van der Waals surface area contributed by atoms with Crippen molar-refractivity contribution in [3.05, 3.63) is 69.6 Å². The molecule has 0 fully saturated rings. The molecule has 0 saturated carbocycles. The molecule has 0 atom stereocenters. The van der Waals surface area contributed by atoms with Gasteiger partial charge in [-0.15, -0.1) is 0 Å². The molecular weight excluding hydrogens is 404 g/mol. The van der Waals surface area contributed by atoms with Gasteiger partial charge in [0.05, 0.1) is 6.20 Å². The van der Waals surface area contributed by atoms with Crippen LogP contribution in [-0.2, 0) is 11.2 Å². The van der Waals surface area contributed by atoms with Crippen LogP contribution in [0, 0.1) is 6.92 Å². The standard InChI is InChI=1S/C19H16BrClN2O2/c1-12-2-7-15(21)10-16(12)23-18(24)8-9-19-22-11-17(25-19)13-3-5-14(20)6-4-13/h2-7,10-11H,8-9H2,1H3,(H,23,24). The summed E-state index contributed by atoms with van der Waals surface area (Å²) in [5, 5.41) is 3.46. The molecule has 0 aliphatic rings. The van der Waals surface area contributed by atoms with Gasteiger partial charge < -0.3 is 9.73 Å². The van der Waals surface area contributed by atoms with Crippen LogP contribution in [0.25, 0.3) is 11.3 Å². The van der Waals surface area contributed by atoms with Crippen molar-refractivity contribution in [3.8, 4) is 11.3 Å². The number of nitrogens with zero attached hydrogens (tertiary/aromatic N) is 1. The Morgan fingerprint density at radius 3 is 2.76 bits per heavy atom. The summed E-state index contributed by atoms with van der Waals surface area (Å²) < 4.78 is 6.73. The van der Waals surface area contributed by atoms with Gasteiger partial charge in [-0.25, -0.2) is 4.98 Å². The fraction of sp³-hybridized carbons (Fsp3) is 0.158. The van der Waals surface area contributed by atoms with E-state index in [2.05, 4.69) is 26.2 Å². The van der Waals surface area contributed by atoms with E-state index in [-0.39, 0.29) is 12.3 Å². The van der Waals surface area contributed by atoms with E-state index < -0.39 is 0 Å². The molecule has 1 amide bonds. The second-order valence-corrected chi connectivity index (χ2v) is 6.98. The van der Waals surface area contributed by atoms with E-state index in [1.165, 1.54) is 0 Å². The topological polar surface area (TPSA) is 55.1 Å². The molecule has 3 rings (SSSR count). The van der Waals surface area contributed by atoms with Crippen molar-refractivity contribution in [1.29, 1.82) is 0 Å². The van der Waals surface area contributed by atoms with Crippen LogP contribution in [0.4, 0.5) is 5.69 Å². The molecule has 1 N–H and O–H groups in total. The van der Waals surface area contributed by atoms with Crippen LogP contribution in [0.1, 0.15) is 17.9 Å². The van der Waals surface area contributed by atoms with Crippen LogP contribution in [-0.4, -0.2) is 10.9 Å². The van der Waals surface area contributed by atoms with Gasteiger partial charge in [-0.2, -0.15) is 0 Å². The molecule has 3 aromatic rings. The van der Waals surface area contributed by atoms with Crippen molar-refractivity contribution in [3.63, 3.8) is 0 Å². The largest absolute Gasteiger partial charge is 0.441 e. The van der Waals surface area contributed by atoms with E-state index in [0.29, 0.717) is 23.1 Å². The molecular formula is C19H16BrClN2O2. The maximum absolute atomic E-state index is 12.1. The van der Waals surface area contributed by atoms with Crippen molar-refractivity contribution in [2.24, 2.45) is 0 Å². The van der Waals surface area contributed by atoms with Crippen LogP contribution in [0.2, 0.25) is 5.02 Å². The summed E-state index contributed by atoms with van der Waals surface area (Å²) >= 11 is 9.37. The fourth-order valence-corrected chi connectivity index (χ4v) is 2.77. The van der Waals surface area contributed by atoms with Crippen molar-refractivity contribution in [1.82, 2.24) is 4.98 Å². The first-order valence-corrected chi connectivity index (χ1v) is 8.95. The third kappa shape index (κ3) is 4.71. The lowest BCUT2D eigenvalue weighted by molar-refractivity contribution is -0.116. The van der Waals surface area contributed by atoms with Gasteiger partial charge in [0.1, 0.15) is 0 Å². The predicted octanol–water partition coefficient (Wildman–Crippen LogP) is 5.64. The van der Waals surface area contributed by atoms with Gasteiger partial charge in [0.15, 0.2) is 11.7 Å². The summed E-state index contributed by atoms with van der Waals surface area (Å²) in [6.45, 7) is 1.92. The number of aryl methyl sites for hydroxylation is 2. The number of hydrogen-bond acceptors (Lipinski definition) is 3. The third-order valence-corrected chi connectivity index (χ3v) is 4.49. The minimum absolute atomic E-state index is 0.103. The lowest BCUT2D eigenvalue weighted by Crippen LogP contribution is -2.13. The molecule has 0 aliphatic carbocycles. The zero-order valence-corrected chi connectivity index (χ0v) is 15.9. The monoisotopic (exact) mass is 418 g/mol. The van der Waals surface area contributed by atoms with E-state index in [1.807, 2.05) is 37.3 Å². The Morgan fingerprint density at radius 2 is 2.00 bits per heavy atom. The number of amides is 1. The average Bonchev–Trinajstić information content (AvgIpc) is 3.06. The van der Waals surface area contributed by atoms with Gasteiger partial charge in [0, 0.05) is 33.6 Å². The summed E-state index contributed by atoms with van der Waals surface area (Å²) in [6, 6.07) is 13.2. The van der Waals surface area contributed by atoms with Gasteiger partial charge in [-0.3, -0.25) is 4.79 Å². The molecule has 0 radical (unpaired) electrons. The average molecular weight is 420 g/mol. The number of anilines is 1. The van der Waals surface area contributed by atoms with Crippen molar-refractivity contribution >= 4 is 39.1 Å². The van der Waals surface area contributed by atoms with E-state index in [1.54, 1.807) is 18.3 Å². The third-order valence-electron chi connectivity index (χ3n) is 3.72. The first-order chi connectivity index (χ1) is 12.0. The van der Waals surface area contributed by atoms with Crippen molar-refractivity contribution < 1.29 is 9.21 Å². The molecule has 0 saturated heterocycles. The van der Waals surface area contributed by atoms with Gasteiger partial charge >= 0.3 is 0 Å². The maximum atomic E-state index is 12.1. The van der Waals surface area contributed by atoms with Gasteiger partial charge in [0.2, 0.25) is 5.91 Å². The summed E-state index contributed by atoms with van der Waals surface area (Å²) in [5.74, 6) is 1.12. The predicted molar refractivity (Wildman–Crippen MR) is 103 cm³/mol. The number of hydrogen-bond donors (Lipinski definition) is 1. The van der Waals surface area contributed by atoms with E-state index in [4.69, 9.17) is 16.0 Å². The van der Waals surface area contributed by atoms with Crippen molar-refractivity contribution in [2.75, 3.05) is 5.32 Å². The first-order valence-electron chi connectivity index (χ1n) is 7.78. The van der Waals surface area contributed by atoms with Gasteiger partial charge in [0.25, 0.3) is 0 Å². The fourth-order valence-electron chi connectivity index (χ4n) is 2.34. The zero-order valence-electron chi connectivity index (χ0n) is 13.6. The molecule has 4 nitrogen and oxygen atoms in total. The van der Waals surface area contributed by atoms with E-state index >= 15 is 0 Å². The molecule has 128 valence electrons. The first kappa shape index (κ1) is 17.7. The highest BCUT2D eigenvalue weighted by atomic mass is 79.9. The highest BCUT2D eigenvalue weighted by Crippen LogP contribution is 2.23. The molecule has 0 unspecified atom stereocenters. The molecule has 0 spiro atoms. The highest BCUT2D eigenvalue weighted by Gasteiger charge is 2.10. The molecule has 1 aromatic heterocycles. The normalized spacial score (nSPS) is 10.7. The summed E-state index contributed by atoms with van der Waals surface area (Å²) in [4.78, 5) is 16.4. The maximum Gasteiger partial charge on any atom is 0.224 e. The van der Waals surface area contributed by atoms with Crippen LogP contribution >= 0.6 is 27.5 Å². The Kier molecular flexibility index (Phi) is 5.56. The highest BCUT2D eigenvalue weighted by molar-refractivity contribution is 9.10. The Bertz CT molecular complexity index is 891. The number of carbonyl (C=O) groups is 1. The van der Waals surface area contributed by atoms with Crippen LogP contribution in [0.3, 0.4) is 0 Å². The number of benzene rings is 2. The van der Waals surface area contributed by atoms with Crippen LogP contribution in [0.15, 0.2) is 57.6 Å². The number of aromatic nitrogens is 1. The van der Waals surface area contributed by atoms with Crippen LogP contribution in [0.5, 0.6) is 0 Å². The minimum atomic E-state index is -0.103. The molecule has 1 heterocycles. The molecule has 6 heteroatoms. The Labute approximate surface area is 159 Å². The summed E-state index contributed by atoms with van der Waals surface area (Å²) in [6.07, 6.45) is 2.39.